The molecule has 17 heavy (non-hydrogen) atoms. The van der Waals surface area contributed by atoms with Crippen LogP contribution in [0.3, 0.4) is 0 Å². The second-order valence-electron chi connectivity index (χ2n) is 6.98. The van der Waals surface area contributed by atoms with Gasteiger partial charge in [0.1, 0.15) is 0 Å². The molecule has 1 aliphatic rings. The summed E-state index contributed by atoms with van der Waals surface area (Å²) in [7, 11) is 0. The maximum Gasteiger partial charge on any atom is 0.000749 e. The molecular formula is C15H32N2. The van der Waals surface area contributed by atoms with Gasteiger partial charge in [-0.25, -0.2) is 0 Å². The third kappa shape index (κ3) is 5.39. The molecule has 0 amide bonds. The zero-order chi connectivity index (χ0) is 12.9. The Morgan fingerprint density at radius 1 is 1.24 bits per heavy atom. The highest BCUT2D eigenvalue weighted by Gasteiger charge is 2.27. The number of hydrogen-bond acceptors (Lipinski definition) is 2. The van der Waals surface area contributed by atoms with E-state index in [-0.39, 0.29) is 0 Å². The van der Waals surface area contributed by atoms with E-state index >= 15 is 0 Å². The maximum atomic E-state index is 5.63. The molecule has 0 aromatic carbocycles. The van der Waals surface area contributed by atoms with Gasteiger partial charge in [0.25, 0.3) is 0 Å². The van der Waals surface area contributed by atoms with Crippen molar-refractivity contribution in [3.8, 4) is 0 Å². The van der Waals surface area contributed by atoms with E-state index < -0.39 is 0 Å². The van der Waals surface area contributed by atoms with Gasteiger partial charge in [-0.3, -0.25) is 0 Å². The summed E-state index contributed by atoms with van der Waals surface area (Å²) in [6, 6.07) is 0. The van der Waals surface area contributed by atoms with E-state index in [1.54, 1.807) is 0 Å². The maximum absolute atomic E-state index is 5.63. The van der Waals surface area contributed by atoms with Crippen LogP contribution in [0, 0.1) is 17.3 Å². The quantitative estimate of drug-likeness (QED) is 0.818. The van der Waals surface area contributed by atoms with Crippen LogP contribution in [-0.2, 0) is 0 Å². The SMILES string of the molecule is CC(CCN)CN1CCCC(C(C)(C)C)CC1. The van der Waals surface area contributed by atoms with Gasteiger partial charge in [-0.1, -0.05) is 27.7 Å². The van der Waals surface area contributed by atoms with Crippen LogP contribution in [0.2, 0.25) is 0 Å². The first-order chi connectivity index (χ1) is 7.93. The summed E-state index contributed by atoms with van der Waals surface area (Å²) in [5.74, 6) is 1.66. The molecular weight excluding hydrogens is 208 g/mol. The van der Waals surface area contributed by atoms with Crippen molar-refractivity contribution in [3.05, 3.63) is 0 Å². The van der Waals surface area contributed by atoms with Gasteiger partial charge in [0.2, 0.25) is 0 Å². The predicted octanol–water partition coefficient (Wildman–Crippen LogP) is 3.12. The Bertz CT molecular complexity index is 207. The first-order valence-electron chi connectivity index (χ1n) is 7.36. The molecule has 1 saturated heterocycles. The van der Waals surface area contributed by atoms with Gasteiger partial charge < -0.3 is 10.6 Å². The van der Waals surface area contributed by atoms with E-state index in [4.69, 9.17) is 5.73 Å². The Hall–Kier alpha value is -0.0800. The van der Waals surface area contributed by atoms with Gasteiger partial charge in [0, 0.05) is 6.54 Å². The van der Waals surface area contributed by atoms with Gasteiger partial charge >= 0.3 is 0 Å². The molecule has 0 aromatic rings. The predicted molar refractivity (Wildman–Crippen MR) is 76.1 cm³/mol. The minimum absolute atomic E-state index is 0.485. The first-order valence-corrected chi connectivity index (χ1v) is 7.36. The average molecular weight is 240 g/mol. The van der Waals surface area contributed by atoms with Crippen LogP contribution in [0.15, 0.2) is 0 Å². The molecule has 102 valence electrons. The Morgan fingerprint density at radius 3 is 2.53 bits per heavy atom. The molecule has 0 spiro atoms. The second-order valence-corrected chi connectivity index (χ2v) is 6.98. The molecule has 0 aliphatic carbocycles. The summed E-state index contributed by atoms with van der Waals surface area (Å²) in [6.07, 6.45) is 5.32. The number of nitrogens with zero attached hydrogens (tertiary/aromatic N) is 1. The molecule has 2 atom stereocenters. The summed E-state index contributed by atoms with van der Waals surface area (Å²) in [6.45, 7) is 14.2. The largest absolute Gasteiger partial charge is 0.330 e. The van der Waals surface area contributed by atoms with Crippen LogP contribution in [0.4, 0.5) is 0 Å². The normalized spacial score (nSPS) is 25.6. The number of nitrogens with two attached hydrogens (primary N) is 1. The monoisotopic (exact) mass is 240 g/mol. The van der Waals surface area contributed by atoms with E-state index in [0.29, 0.717) is 5.41 Å². The molecule has 1 fully saturated rings. The molecule has 0 aromatic heterocycles. The van der Waals surface area contributed by atoms with E-state index in [2.05, 4.69) is 32.6 Å². The Kier molecular flexibility index (Phi) is 5.94. The molecule has 0 radical (unpaired) electrons. The zero-order valence-corrected chi connectivity index (χ0v) is 12.3. The first kappa shape index (κ1) is 15.0. The van der Waals surface area contributed by atoms with Gasteiger partial charge in [0.05, 0.1) is 0 Å². The van der Waals surface area contributed by atoms with Crippen LogP contribution < -0.4 is 5.73 Å². The second kappa shape index (κ2) is 6.75. The van der Waals surface area contributed by atoms with Crippen LogP contribution in [-0.4, -0.2) is 31.1 Å². The zero-order valence-electron chi connectivity index (χ0n) is 12.3. The Morgan fingerprint density at radius 2 is 1.94 bits per heavy atom. The minimum Gasteiger partial charge on any atom is -0.330 e. The lowest BCUT2D eigenvalue weighted by Gasteiger charge is -2.30. The highest BCUT2D eigenvalue weighted by molar-refractivity contribution is 4.79. The van der Waals surface area contributed by atoms with Gasteiger partial charge in [0.15, 0.2) is 0 Å². The van der Waals surface area contributed by atoms with Crippen molar-refractivity contribution in [2.75, 3.05) is 26.2 Å². The molecule has 2 N–H and O–H groups in total. The lowest BCUT2D eigenvalue weighted by molar-refractivity contribution is 0.200. The van der Waals surface area contributed by atoms with Crippen LogP contribution in [0.25, 0.3) is 0 Å². The van der Waals surface area contributed by atoms with Gasteiger partial charge in [-0.2, -0.15) is 0 Å². The Labute approximate surface area is 108 Å². The fraction of sp³-hybridized carbons (Fsp3) is 1.00. The molecule has 1 rings (SSSR count). The van der Waals surface area contributed by atoms with Crippen molar-refractivity contribution in [1.29, 1.82) is 0 Å². The summed E-state index contributed by atoms with van der Waals surface area (Å²) in [5, 5.41) is 0. The van der Waals surface area contributed by atoms with Gasteiger partial charge in [-0.15, -0.1) is 0 Å². The Balaban J connectivity index is 2.37. The smallest absolute Gasteiger partial charge is 0.000749 e. The average Bonchev–Trinajstić information content (AvgIpc) is 2.42. The van der Waals surface area contributed by atoms with E-state index in [1.165, 1.54) is 45.3 Å². The standard InChI is InChI=1S/C15H32N2/c1-13(7-9-16)12-17-10-5-6-14(8-11-17)15(2,3)4/h13-14H,5-12,16H2,1-4H3. The highest BCUT2D eigenvalue weighted by Crippen LogP contribution is 2.34. The van der Waals surface area contributed by atoms with E-state index in [9.17, 15) is 0 Å². The van der Waals surface area contributed by atoms with E-state index in [0.717, 1.165) is 18.4 Å². The highest BCUT2D eigenvalue weighted by atomic mass is 15.1. The van der Waals surface area contributed by atoms with Crippen LogP contribution in [0.1, 0.15) is 53.4 Å². The lowest BCUT2D eigenvalue weighted by Crippen LogP contribution is -2.31. The van der Waals surface area contributed by atoms with Crippen molar-refractivity contribution in [1.82, 2.24) is 4.90 Å². The van der Waals surface area contributed by atoms with Crippen molar-refractivity contribution in [2.24, 2.45) is 23.0 Å². The topological polar surface area (TPSA) is 29.3 Å². The number of likely N-dealkylation sites (tertiary alicyclic amines) is 1. The molecule has 1 heterocycles. The van der Waals surface area contributed by atoms with Gasteiger partial charge in [-0.05, 0) is 62.6 Å². The minimum atomic E-state index is 0.485. The van der Waals surface area contributed by atoms with Crippen molar-refractivity contribution < 1.29 is 0 Å². The molecule has 2 unspecified atom stereocenters. The van der Waals surface area contributed by atoms with Crippen molar-refractivity contribution in [3.63, 3.8) is 0 Å². The summed E-state index contributed by atoms with van der Waals surface area (Å²) >= 11 is 0. The lowest BCUT2D eigenvalue weighted by atomic mass is 9.77. The van der Waals surface area contributed by atoms with E-state index in [1.807, 2.05) is 0 Å². The molecule has 0 bridgehead atoms. The third-order valence-corrected chi connectivity index (χ3v) is 4.27. The number of rotatable bonds is 4. The third-order valence-electron chi connectivity index (χ3n) is 4.27. The van der Waals surface area contributed by atoms with Crippen LogP contribution >= 0.6 is 0 Å². The van der Waals surface area contributed by atoms with Crippen LogP contribution in [0.5, 0.6) is 0 Å². The van der Waals surface area contributed by atoms with Crippen molar-refractivity contribution in [2.45, 2.75) is 53.4 Å². The summed E-state index contributed by atoms with van der Waals surface area (Å²) in [5.41, 5.74) is 6.11. The summed E-state index contributed by atoms with van der Waals surface area (Å²) in [4.78, 5) is 2.66. The number of hydrogen-bond donors (Lipinski definition) is 1. The molecule has 2 heteroatoms. The molecule has 0 saturated carbocycles. The fourth-order valence-electron chi connectivity index (χ4n) is 3.02. The summed E-state index contributed by atoms with van der Waals surface area (Å²) < 4.78 is 0. The fourth-order valence-corrected chi connectivity index (χ4v) is 3.02. The molecule has 2 nitrogen and oxygen atoms in total. The molecule has 1 aliphatic heterocycles. The van der Waals surface area contributed by atoms with Crippen molar-refractivity contribution >= 4 is 0 Å².